The van der Waals surface area contributed by atoms with Crippen LogP contribution in [-0.4, -0.2) is 45.5 Å². The molecule has 112 valence electrons. The fourth-order valence-electron chi connectivity index (χ4n) is 1.73. The van der Waals surface area contributed by atoms with Crippen molar-refractivity contribution in [2.45, 2.75) is 39.2 Å². The highest BCUT2D eigenvalue weighted by Gasteiger charge is 2.29. The van der Waals surface area contributed by atoms with E-state index in [-0.39, 0.29) is 18.9 Å². The number of carboxylic acid groups (broad SMARTS) is 1. The van der Waals surface area contributed by atoms with E-state index in [0.717, 1.165) is 5.01 Å². The number of hydrogen-bond donors (Lipinski definition) is 2. The lowest BCUT2D eigenvalue weighted by Gasteiger charge is -2.35. The van der Waals surface area contributed by atoms with Crippen molar-refractivity contribution in [3.63, 3.8) is 0 Å². The summed E-state index contributed by atoms with van der Waals surface area (Å²) >= 11 is 1.40. The zero-order valence-electron chi connectivity index (χ0n) is 12.0. The van der Waals surface area contributed by atoms with Crippen LogP contribution in [0.5, 0.6) is 0 Å². The third-order valence-corrected chi connectivity index (χ3v) is 3.64. The van der Waals surface area contributed by atoms with Crippen LogP contribution in [0.15, 0.2) is 5.38 Å². The van der Waals surface area contributed by atoms with Crippen molar-refractivity contribution in [1.29, 1.82) is 0 Å². The molecule has 0 unspecified atom stereocenters. The van der Waals surface area contributed by atoms with Gasteiger partial charge in [-0.25, -0.2) is 4.98 Å². The van der Waals surface area contributed by atoms with Crippen LogP contribution in [-0.2, 0) is 11.2 Å². The standard InChI is InChI=1S/C13H21N3O3S/c1-13(2,3)16(7-5-11(17)18)12(19)9-8-20-10(15-9)4-6-14/h8H,4-7,14H2,1-3H3,(H,17,18). The van der Waals surface area contributed by atoms with E-state index in [1.165, 1.54) is 11.3 Å². The number of nitrogens with zero attached hydrogens (tertiary/aromatic N) is 2. The van der Waals surface area contributed by atoms with Gasteiger partial charge in [-0.3, -0.25) is 9.59 Å². The Labute approximate surface area is 122 Å². The number of aliphatic carboxylic acids is 1. The molecule has 0 saturated heterocycles. The number of rotatable bonds is 6. The first-order valence-corrected chi connectivity index (χ1v) is 7.32. The Morgan fingerprint density at radius 1 is 1.45 bits per heavy atom. The Bertz CT molecular complexity index is 479. The van der Waals surface area contributed by atoms with E-state index in [1.807, 2.05) is 20.8 Å². The molecule has 7 heteroatoms. The number of carbonyl (C=O) groups is 2. The summed E-state index contributed by atoms with van der Waals surface area (Å²) in [4.78, 5) is 29.0. The van der Waals surface area contributed by atoms with Gasteiger partial charge in [0.05, 0.1) is 11.4 Å². The second-order valence-corrected chi connectivity index (χ2v) is 6.38. The average molecular weight is 299 g/mol. The maximum absolute atomic E-state index is 12.5. The van der Waals surface area contributed by atoms with Gasteiger partial charge < -0.3 is 15.7 Å². The monoisotopic (exact) mass is 299 g/mol. The summed E-state index contributed by atoms with van der Waals surface area (Å²) in [6.07, 6.45) is 0.561. The summed E-state index contributed by atoms with van der Waals surface area (Å²) in [6, 6.07) is 0. The molecule has 0 radical (unpaired) electrons. The van der Waals surface area contributed by atoms with E-state index in [1.54, 1.807) is 10.3 Å². The van der Waals surface area contributed by atoms with E-state index in [9.17, 15) is 9.59 Å². The van der Waals surface area contributed by atoms with Crippen LogP contribution in [0.1, 0.15) is 42.7 Å². The van der Waals surface area contributed by atoms with Crippen molar-refractivity contribution in [2.75, 3.05) is 13.1 Å². The molecule has 0 bridgehead atoms. The number of carboxylic acids is 1. The van der Waals surface area contributed by atoms with E-state index < -0.39 is 11.5 Å². The average Bonchev–Trinajstić information content (AvgIpc) is 2.76. The summed E-state index contributed by atoms with van der Waals surface area (Å²) in [5, 5.41) is 11.3. The first kappa shape index (κ1) is 16.6. The van der Waals surface area contributed by atoms with Gasteiger partial charge in [-0.15, -0.1) is 11.3 Å². The van der Waals surface area contributed by atoms with Crippen molar-refractivity contribution in [1.82, 2.24) is 9.88 Å². The minimum atomic E-state index is -0.922. The maximum atomic E-state index is 12.5. The van der Waals surface area contributed by atoms with Gasteiger partial charge >= 0.3 is 5.97 Å². The number of carbonyl (C=O) groups excluding carboxylic acids is 1. The molecular formula is C13H21N3O3S. The van der Waals surface area contributed by atoms with Crippen molar-refractivity contribution >= 4 is 23.2 Å². The Balaban J connectivity index is 2.88. The molecule has 0 aliphatic carbocycles. The van der Waals surface area contributed by atoms with Crippen LogP contribution in [0, 0.1) is 0 Å². The highest BCUT2D eigenvalue weighted by atomic mass is 32.1. The summed E-state index contributed by atoms with van der Waals surface area (Å²) < 4.78 is 0. The van der Waals surface area contributed by atoms with Crippen molar-refractivity contribution < 1.29 is 14.7 Å². The quantitative estimate of drug-likeness (QED) is 0.826. The lowest BCUT2D eigenvalue weighted by molar-refractivity contribution is -0.137. The molecule has 0 spiro atoms. The van der Waals surface area contributed by atoms with Gasteiger partial charge in [0.15, 0.2) is 0 Å². The van der Waals surface area contributed by atoms with E-state index in [0.29, 0.717) is 18.7 Å². The molecule has 6 nitrogen and oxygen atoms in total. The number of hydrogen-bond acceptors (Lipinski definition) is 5. The molecule has 1 aromatic rings. The fraction of sp³-hybridized carbons (Fsp3) is 0.615. The van der Waals surface area contributed by atoms with Crippen LogP contribution < -0.4 is 5.73 Å². The van der Waals surface area contributed by atoms with Crippen LogP contribution in [0.3, 0.4) is 0 Å². The molecule has 0 atom stereocenters. The maximum Gasteiger partial charge on any atom is 0.305 e. The van der Waals surface area contributed by atoms with Gasteiger partial charge in [-0.05, 0) is 27.3 Å². The van der Waals surface area contributed by atoms with E-state index in [4.69, 9.17) is 10.8 Å². The minimum absolute atomic E-state index is 0.0806. The molecule has 3 N–H and O–H groups in total. The second kappa shape index (κ2) is 6.81. The summed E-state index contributed by atoms with van der Waals surface area (Å²) in [7, 11) is 0. The molecule has 0 aliphatic heterocycles. The van der Waals surface area contributed by atoms with Crippen LogP contribution in [0.2, 0.25) is 0 Å². The number of nitrogens with two attached hydrogens (primary N) is 1. The van der Waals surface area contributed by atoms with Crippen molar-refractivity contribution in [3.8, 4) is 0 Å². The largest absolute Gasteiger partial charge is 0.481 e. The van der Waals surface area contributed by atoms with E-state index in [2.05, 4.69) is 4.98 Å². The summed E-state index contributed by atoms with van der Waals surface area (Å²) in [6.45, 7) is 6.28. The number of thiazole rings is 1. The zero-order valence-corrected chi connectivity index (χ0v) is 12.9. The van der Waals surface area contributed by atoms with Crippen LogP contribution in [0.25, 0.3) is 0 Å². The second-order valence-electron chi connectivity index (χ2n) is 5.44. The SMILES string of the molecule is CC(C)(C)N(CCC(=O)O)C(=O)c1csc(CCN)n1. The third kappa shape index (κ3) is 4.57. The minimum Gasteiger partial charge on any atom is -0.481 e. The van der Waals surface area contributed by atoms with Gasteiger partial charge in [-0.1, -0.05) is 0 Å². The smallest absolute Gasteiger partial charge is 0.305 e. The Morgan fingerprint density at radius 2 is 2.10 bits per heavy atom. The molecule has 0 aromatic carbocycles. The fourth-order valence-corrected chi connectivity index (χ4v) is 2.52. The first-order valence-electron chi connectivity index (χ1n) is 6.44. The lowest BCUT2D eigenvalue weighted by Crippen LogP contribution is -2.46. The van der Waals surface area contributed by atoms with Crippen molar-refractivity contribution in [3.05, 3.63) is 16.1 Å². The molecule has 1 aromatic heterocycles. The van der Waals surface area contributed by atoms with Crippen LogP contribution >= 0.6 is 11.3 Å². The molecule has 1 rings (SSSR count). The Morgan fingerprint density at radius 3 is 2.60 bits per heavy atom. The molecule has 1 amide bonds. The normalized spacial score (nSPS) is 11.4. The van der Waals surface area contributed by atoms with Crippen molar-refractivity contribution in [2.24, 2.45) is 5.73 Å². The molecule has 0 aliphatic rings. The van der Waals surface area contributed by atoms with Gasteiger partial charge in [0.1, 0.15) is 5.69 Å². The molecule has 0 fully saturated rings. The lowest BCUT2D eigenvalue weighted by atomic mass is 10.0. The number of amides is 1. The van der Waals surface area contributed by atoms with Gasteiger partial charge in [0.25, 0.3) is 5.91 Å². The first-order chi connectivity index (χ1) is 9.25. The van der Waals surface area contributed by atoms with Gasteiger partial charge in [-0.2, -0.15) is 0 Å². The molecule has 1 heterocycles. The Hall–Kier alpha value is -1.47. The molecule has 20 heavy (non-hydrogen) atoms. The highest BCUT2D eigenvalue weighted by Crippen LogP contribution is 2.19. The zero-order chi connectivity index (χ0) is 15.3. The predicted molar refractivity (Wildman–Crippen MR) is 77.9 cm³/mol. The van der Waals surface area contributed by atoms with Gasteiger partial charge in [0, 0.05) is 23.9 Å². The third-order valence-electron chi connectivity index (χ3n) is 2.73. The summed E-state index contributed by atoms with van der Waals surface area (Å²) in [5.41, 5.74) is 5.37. The molecule has 0 saturated carbocycles. The van der Waals surface area contributed by atoms with Crippen LogP contribution in [0.4, 0.5) is 0 Å². The Kier molecular flexibility index (Phi) is 5.64. The van der Waals surface area contributed by atoms with E-state index >= 15 is 0 Å². The highest BCUT2D eigenvalue weighted by molar-refractivity contribution is 7.09. The topological polar surface area (TPSA) is 96.5 Å². The van der Waals surface area contributed by atoms with Gasteiger partial charge in [0.2, 0.25) is 0 Å². The predicted octanol–water partition coefficient (Wildman–Crippen LogP) is 1.36. The molecular weight excluding hydrogens is 278 g/mol. The summed E-state index contributed by atoms with van der Waals surface area (Å²) in [5.74, 6) is -1.16. The number of aromatic nitrogens is 1.